The molecule has 3 N–H and O–H groups in total. The molecule has 0 aliphatic heterocycles. The fraction of sp³-hybridized carbons (Fsp3) is 0.143. The Balaban J connectivity index is 0.00000200. The molecular weight excluding hydrogens is 381 g/mol. The first-order chi connectivity index (χ1) is 9.15. The zero-order valence-corrected chi connectivity index (χ0v) is 14.5. The zero-order valence-electron chi connectivity index (χ0n) is 10.5. The molecule has 0 saturated carbocycles. The van der Waals surface area contributed by atoms with Crippen molar-refractivity contribution in [2.45, 2.75) is 22.9 Å². The van der Waals surface area contributed by atoms with Crippen molar-refractivity contribution in [3.63, 3.8) is 0 Å². The van der Waals surface area contributed by atoms with Gasteiger partial charge in [-0.05, 0) is 29.3 Å². The maximum atomic E-state index is 9.40. The second-order valence-electron chi connectivity index (χ2n) is 3.94. The first-order valence-corrected chi connectivity index (χ1v) is 7.69. The Kier molecular flexibility index (Phi) is 7.37. The molecule has 0 aromatic heterocycles. The highest BCUT2D eigenvalue weighted by molar-refractivity contribution is 9.10. The predicted molar refractivity (Wildman–Crippen MR) is 90.8 cm³/mol. The van der Waals surface area contributed by atoms with Gasteiger partial charge in [0, 0.05) is 20.8 Å². The van der Waals surface area contributed by atoms with E-state index < -0.39 is 0 Å². The summed E-state index contributed by atoms with van der Waals surface area (Å²) in [6, 6.07) is 11.5. The van der Waals surface area contributed by atoms with Crippen molar-refractivity contribution < 1.29 is 5.11 Å². The Bertz CT molecular complexity index is 595. The SMILES string of the molecule is Cl.NCc1cccc(Cl)c1Sc1cc(Br)ccc1CO. The highest BCUT2D eigenvalue weighted by Gasteiger charge is 2.11. The van der Waals surface area contributed by atoms with Crippen LogP contribution in [0.2, 0.25) is 5.02 Å². The third-order valence-corrected chi connectivity index (χ3v) is 4.89. The van der Waals surface area contributed by atoms with Crippen LogP contribution >= 0.6 is 51.7 Å². The summed E-state index contributed by atoms with van der Waals surface area (Å²) in [4.78, 5) is 1.92. The lowest BCUT2D eigenvalue weighted by atomic mass is 10.2. The molecule has 2 aromatic carbocycles. The molecule has 6 heteroatoms. The molecule has 0 saturated heterocycles. The van der Waals surface area contributed by atoms with Crippen LogP contribution in [-0.4, -0.2) is 5.11 Å². The molecule has 0 fully saturated rings. The number of aliphatic hydroxyl groups is 1. The minimum atomic E-state index is -0.00196. The van der Waals surface area contributed by atoms with Crippen molar-refractivity contribution in [3.8, 4) is 0 Å². The van der Waals surface area contributed by atoms with Gasteiger partial charge < -0.3 is 10.8 Å². The van der Waals surface area contributed by atoms with Gasteiger partial charge in [-0.25, -0.2) is 0 Å². The van der Waals surface area contributed by atoms with Gasteiger partial charge in [-0.2, -0.15) is 0 Å². The van der Waals surface area contributed by atoms with E-state index in [1.54, 1.807) is 0 Å². The Labute approximate surface area is 142 Å². The minimum Gasteiger partial charge on any atom is -0.392 e. The van der Waals surface area contributed by atoms with Gasteiger partial charge in [0.15, 0.2) is 0 Å². The largest absolute Gasteiger partial charge is 0.392 e. The van der Waals surface area contributed by atoms with E-state index in [9.17, 15) is 5.11 Å². The monoisotopic (exact) mass is 393 g/mol. The van der Waals surface area contributed by atoms with Gasteiger partial charge in [0.25, 0.3) is 0 Å². The van der Waals surface area contributed by atoms with Crippen molar-refractivity contribution in [3.05, 3.63) is 57.0 Å². The fourth-order valence-corrected chi connectivity index (χ4v) is 3.63. The lowest BCUT2D eigenvalue weighted by Gasteiger charge is -2.12. The number of hydrogen-bond acceptors (Lipinski definition) is 3. The molecule has 0 heterocycles. The molecule has 0 radical (unpaired) electrons. The summed E-state index contributed by atoms with van der Waals surface area (Å²) in [6.07, 6.45) is 0. The molecule has 2 nitrogen and oxygen atoms in total. The Morgan fingerprint density at radius 3 is 2.60 bits per heavy atom. The van der Waals surface area contributed by atoms with Gasteiger partial charge in [0.1, 0.15) is 0 Å². The Morgan fingerprint density at radius 1 is 1.20 bits per heavy atom. The average Bonchev–Trinajstić information content (AvgIpc) is 2.41. The smallest absolute Gasteiger partial charge is 0.0692 e. The molecule has 2 aromatic rings. The molecule has 0 aliphatic rings. The average molecular weight is 395 g/mol. The molecule has 20 heavy (non-hydrogen) atoms. The van der Waals surface area contributed by atoms with Crippen LogP contribution in [0.15, 0.2) is 50.7 Å². The van der Waals surface area contributed by atoms with Crippen LogP contribution in [0.4, 0.5) is 0 Å². The molecule has 0 spiro atoms. The number of benzene rings is 2. The number of aliphatic hydroxyl groups excluding tert-OH is 1. The lowest BCUT2D eigenvalue weighted by molar-refractivity contribution is 0.279. The molecule has 0 unspecified atom stereocenters. The van der Waals surface area contributed by atoms with E-state index in [4.69, 9.17) is 17.3 Å². The van der Waals surface area contributed by atoms with E-state index in [-0.39, 0.29) is 19.0 Å². The standard InChI is InChI=1S/C14H13BrClNOS.ClH/c15-11-5-4-10(8-18)13(6-11)19-14-9(7-17)2-1-3-12(14)16;/h1-6,18H,7-8,17H2;1H. The van der Waals surface area contributed by atoms with Crippen molar-refractivity contribution >= 4 is 51.7 Å². The summed E-state index contributed by atoms with van der Waals surface area (Å²) in [5.41, 5.74) is 7.62. The predicted octanol–water partition coefficient (Wildman–Crippen LogP) is 4.63. The van der Waals surface area contributed by atoms with Gasteiger partial charge in [-0.3, -0.25) is 0 Å². The highest BCUT2D eigenvalue weighted by Crippen LogP contribution is 2.38. The Morgan fingerprint density at radius 2 is 1.95 bits per heavy atom. The molecular formula is C14H14BrCl2NOS. The van der Waals surface area contributed by atoms with Crippen molar-refractivity contribution in [2.24, 2.45) is 5.73 Å². The molecule has 0 atom stereocenters. The first kappa shape index (κ1) is 17.8. The van der Waals surface area contributed by atoms with Gasteiger partial charge in [0.05, 0.1) is 11.6 Å². The van der Waals surface area contributed by atoms with Crippen molar-refractivity contribution in [2.75, 3.05) is 0 Å². The van der Waals surface area contributed by atoms with E-state index in [0.29, 0.717) is 11.6 Å². The van der Waals surface area contributed by atoms with Crippen LogP contribution in [-0.2, 0) is 13.2 Å². The number of nitrogens with two attached hydrogens (primary N) is 1. The van der Waals surface area contributed by atoms with Gasteiger partial charge in [-0.15, -0.1) is 12.4 Å². The van der Waals surface area contributed by atoms with E-state index in [1.165, 1.54) is 11.8 Å². The summed E-state index contributed by atoms with van der Waals surface area (Å²) in [5, 5.41) is 10.1. The Hall–Kier alpha value is -0.230. The zero-order chi connectivity index (χ0) is 13.8. The molecule has 2 rings (SSSR count). The van der Waals surface area contributed by atoms with Gasteiger partial charge >= 0.3 is 0 Å². The fourth-order valence-electron chi connectivity index (χ4n) is 1.69. The molecule has 0 aliphatic carbocycles. The highest BCUT2D eigenvalue weighted by atomic mass is 79.9. The lowest BCUT2D eigenvalue weighted by Crippen LogP contribution is -1.99. The summed E-state index contributed by atoms with van der Waals surface area (Å²) >= 11 is 11.2. The summed E-state index contributed by atoms with van der Waals surface area (Å²) in [6.45, 7) is 0.434. The van der Waals surface area contributed by atoms with E-state index >= 15 is 0 Å². The summed E-state index contributed by atoms with van der Waals surface area (Å²) < 4.78 is 0.966. The number of hydrogen-bond donors (Lipinski definition) is 2. The first-order valence-electron chi connectivity index (χ1n) is 5.70. The third kappa shape index (κ3) is 4.13. The summed E-state index contributed by atoms with van der Waals surface area (Å²) in [5.74, 6) is 0. The molecule has 0 amide bonds. The van der Waals surface area contributed by atoms with Crippen LogP contribution in [0.5, 0.6) is 0 Å². The van der Waals surface area contributed by atoms with Crippen LogP contribution in [0.1, 0.15) is 11.1 Å². The maximum Gasteiger partial charge on any atom is 0.0692 e. The van der Waals surface area contributed by atoms with Crippen LogP contribution < -0.4 is 5.73 Å². The normalized spacial score (nSPS) is 10.2. The number of halogens is 3. The quantitative estimate of drug-likeness (QED) is 0.794. The van der Waals surface area contributed by atoms with Crippen molar-refractivity contribution in [1.82, 2.24) is 0 Å². The molecule has 0 bridgehead atoms. The second kappa shape index (κ2) is 8.27. The maximum absolute atomic E-state index is 9.40. The van der Waals surface area contributed by atoms with Crippen LogP contribution in [0.3, 0.4) is 0 Å². The summed E-state index contributed by atoms with van der Waals surface area (Å²) in [7, 11) is 0. The van der Waals surface area contributed by atoms with E-state index in [0.717, 1.165) is 25.4 Å². The van der Waals surface area contributed by atoms with E-state index in [1.807, 2.05) is 36.4 Å². The minimum absolute atomic E-state index is 0. The second-order valence-corrected chi connectivity index (χ2v) is 6.32. The van der Waals surface area contributed by atoms with Gasteiger partial charge in [0.2, 0.25) is 0 Å². The van der Waals surface area contributed by atoms with Crippen LogP contribution in [0.25, 0.3) is 0 Å². The number of rotatable bonds is 4. The van der Waals surface area contributed by atoms with Gasteiger partial charge in [-0.1, -0.05) is 57.5 Å². The van der Waals surface area contributed by atoms with E-state index in [2.05, 4.69) is 15.9 Å². The van der Waals surface area contributed by atoms with Crippen LogP contribution in [0, 0.1) is 0 Å². The third-order valence-electron chi connectivity index (χ3n) is 2.68. The molecule has 108 valence electrons. The topological polar surface area (TPSA) is 46.2 Å². The van der Waals surface area contributed by atoms with Crippen molar-refractivity contribution in [1.29, 1.82) is 0 Å².